The van der Waals surface area contributed by atoms with Crippen molar-refractivity contribution < 1.29 is 13.9 Å². The molecule has 1 fully saturated rings. The Morgan fingerprint density at radius 2 is 2.26 bits per heavy atom. The standard InChI is InChI=1S/C12H16N2O3S2/c1-12(5-6-19(16,17)8-12)14-11(18)13-9-3-2-4-10(15)7-9/h2-4,7H,5-6,8H2,1H3,(H3-,13,14,15,16,17,18)/p+1/t12-/m1/s1. The molecule has 19 heavy (non-hydrogen) atoms. The van der Waals surface area contributed by atoms with E-state index in [1.54, 1.807) is 24.3 Å². The molecule has 1 aliphatic heterocycles. The molecular weight excluding hydrogens is 284 g/mol. The number of nitrogens with one attached hydrogen (secondary N) is 2. The van der Waals surface area contributed by atoms with Gasteiger partial charge in [0.15, 0.2) is 10.9 Å². The summed E-state index contributed by atoms with van der Waals surface area (Å²) >= 11 is 5.18. The second-order valence-electron chi connectivity index (χ2n) is 5.06. The van der Waals surface area contributed by atoms with Crippen LogP contribution in [0, 0.1) is 0 Å². The predicted molar refractivity (Wildman–Crippen MR) is 80.9 cm³/mol. The molecule has 5 nitrogen and oxygen atoms in total. The van der Waals surface area contributed by atoms with Crippen LogP contribution in [-0.4, -0.2) is 31.8 Å². The molecule has 0 bridgehead atoms. The van der Waals surface area contributed by atoms with Gasteiger partial charge in [0, 0.05) is 18.2 Å². The number of anilines is 1. The highest BCUT2D eigenvalue weighted by molar-refractivity contribution is 7.98. The smallest absolute Gasteiger partial charge is 0.216 e. The predicted octanol–water partition coefficient (Wildman–Crippen LogP) is 1.81. The molecular formula is C12H17N2O3S2+. The third kappa shape index (κ3) is 3.89. The van der Waals surface area contributed by atoms with Crippen molar-refractivity contribution in [2.45, 2.75) is 18.9 Å². The molecule has 2 atom stereocenters. The van der Waals surface area contributed by atoms with E-state index < -0.39 is 15.8 Å². The van der Waals surface area contributed by atoms with Crippen LogP contribution < -0.4 is 10.6 Å². The van der Waals surface area contributed by atoms with Gasteiger partial charge in [-0.1, -0.05) is 10.3 Å². The molecule has 0 spiro atoms. The molecule has 1 unspecified atom stereocenters. The van der Waals surface area contributed by atoms with Crippen LogP contribution in [0.1, 0.15) is 13.3 Å². The van der Waals surface area contributed by atoms with Crippen molar-refractivity contribution in [2.75, 3.05) is 16.8 Å². The Bertz CT molecular complexity index is 550. The number of rotatable bonds is 2. The Labute approximate surface area is 118 Å². The molecule has 1 aromatic carbocycles. The third-order valence-electron chi connectivity index (χ3n) is 3.04. The van der Waals surface area contributed by atoms with Gasteiger partial charge in [0.2, 0.25) is 10.2 Å². The zero-order valence-electron chi connectivity index (χ0n) is 10.5. The minimum absolute atomic E-state index is 0.151. The Kier molecular flexibility index (Phi) is 3.80. The molecule has 0 radical (unpaired) electrons. The minimum atomic E-state index is -2.72. The fourth-order valence-corrected chi connectivity index (χ4v) is 4.64. The number of phenols is 1. The normalized spacial score (nSPS) is 30.0. The fourth-order valence-electron chi connectivity index (χ4n) is 2.15. The summed E-state index contributed by atoms with van der Waals surface area (Å²) in [5, 5.41) is 15.8. The Morgan fingerprint density at radius 1 is 1.53 bits per heavy atom. The maximum atomic E-state index is 11.6. The molecule has 0 aromatic heterocycles. The first kappa shape index (κ1) is 14.2. The van der Waals surface area contributed by atoms with Crippen molar-refractivity contribution in [1.29, 1.82) is 0 Å². The highest BCUT2D eigenvalue weighted by atomic mass is 32.3. The van der Waals surface area contributed by atoms with Crippen LogP contribution in [0.5, 0.6) is 5.75 Å². The third-order valence-corrected chi connectivity index (χ3v) is 5.17. The number of thiocarbonyl (C=S) groups is 1. The van der Waals surface area contributed by atoms with Crippen molar-refractivity contribution in [3.63, 3.8) is 0 Å². The van der Waals surface area contributed by atoms with E-state index in [4.69, 9.17) is 12.2 Å². The van der Waals surface area contributed by atoms with Crippen LogP contribution >= 0.6 is 12.2 Å². The second kappa shape index (κ2) is 5.07. The van der Waals surface area contributed by atoms with Crippen LogP contribution in [0.15, 0.2) is 24.3 Å². The molecule has 7 heteroatoms. The SMILES string of the molecule is C[C@@]1(NC(=S)Nc2cccc(O)c2)CC[S+](=O)(O)C1. The zero-order valence-corrected chi connectivity index (χ0v) is 12.2. The summed E-state index contributed by atoms with van der Waals surface area (Å²) in [6.07, 6.45) is 0.601. The van der Waals surface area contributed by atoms with E-state index in [1.807, 2.05) is 6.92 Å². The van der Waals surface area contributed by atoms with E-state index in [0.717, 1.165) is 0 Å². The average Bonchev–Trinajstić information content (AvgIpc) is 2.52. The van der Waals surface area contributed by atoms with E-state index in [2.05, 4.69) is 10.6 Å². The van der Waals surface area contributed by atoms with Gasteiger partial charge in [0.25, 0.3) is 0 Å². The monoisotopic (exact) mass is 301 g/mol. The highest BCUT2D eigenvalue weighted by Gasteiger charge is 2.47. The topological polar surface area (TPSA) is 81.6 Å². The number of hydrogen-bond donors (Lipinski definition) is 4. The van der Waals surface area contributed by atoms with E-state index in [9.17, 15) is 13.9 Å². The van der Waals surface area contributed by atoms with E-state index in [1.165, 1.54) is 0 Å². The maximum absolute atomic E-state index is 11.6. The molecule has 1 aliphatic rings. The maximum Gasteiger partial charge on any atom is 0.216 e. The van der Waals surface area contributed by atoms with Gasteiger partial charge >= 0.3 is 0 Å². The molecule has 4 N–H and O–H groups in total. The molecule has 0 aliphatic carbocycles. The molecule has 1 heterocycles. The van der Waals surface area contributed by atoms with Crippen LogP contribution in [0.25, 0.3) is 0 Å². The van der Waals surface area contributed by atoms with Crippen molar-refractivity contribution >= 4 is 33.2 Å². The number of phenolic OH excluding ortho intramolecular Hbond substituents is 1. The molecule has 2 rings (SSSR count). The van der Waals surface area contributed by atoms with Crippen molar-refractivity contribution in [1.82, 2.24) is 5.32 Å². The Balaban J connectivity index is 1.97. The van der Waals surface area contributed by atoms with Gasteiger partial charge < -0.3 is 15.7 Å². The van der Waals surface area contributed by atoms with Gasteiger partial charge in [0.1, 0.15) is 11.5 Å². The van der Waals surface area contributed by atoms with E-state index >= 15 is 0 Å². The van der Waals surface area contributed by atoms with Gasteiger partial charge in [-0.3, -0.25) is 0 Å². The lowest BCUT2D eigenvalue weighted by atomic mass is 10.0. The fraction of sp³-hybridized carbons (Fsp3) is 0.417. The van der Waals surface area contributed by atoms with Crippen molar-refractivity contribution in [3.05, 3.63) is 24.3 Å². The van der Waals surface area contributed by atoms with Crippen LogP contribution in [0.2, 0.25) is 0 Å². The molecule has 0 amide bonds. The van der Waals surface area contributed by atoms with Crippen LogP contribution in [0.4, 0.5) is 5.69 Å². The first-order valence-corrected chi connectivity index (χ1v) is 8.14. The summed E-state index contributed by atoms with van der Waals surface area (Å²) in [6, 6.07) is 6.61. The lowest BCUT2D eigenvalue weighted by molar-refractivity contribution is 0.466. The minimum Gasteiger partial charge on any atom is -0.508 e. The summed E-state index contributed by atoms with van der Waals surface area (Å²) < 4.78 is 21.2. The molecule has 1 aromatic rings. The largest absolute Gasteiger partial charge is 0.508 e. The molecule has 104 valence electrons. The van der Waals surface area contributed by atoms with Crippen molar-refractivity contribution in [3.8, 4) is 5.75 Å². The molecule has 1 saturated heterocycles. The second-order valence-corrected chi connectivity index (χ2v) is 7.71. The molecule has 0 saturated carbocycles. The lowest BCUT2D eigenvalue weighted by Crippen LogP contribution is -2.48. The first-order chi connectivity index (χ1) is 8.78. The van der Waals surface area contributed by atoms with Gasteiger partial charge in [-0.25, -0.2) is 0 Å². The van der Waals surface area contributed by atoms with E-state index in [0.29, 0.717) is 23.0 Å². The number of aromatic hydroxyl groups is 1. The summed E-state index contributed by atoms with van der Waals surface area (Å²) in [6.45, 7) is 1.88. The lowest BCUT2D eigenvalue weighted by Gasteiger charge is -2.23. The van der Waals surface area contributed by atoms with Crippen LogP contribution in [-0.2, 0) is 14.4 Å². The van der Waals surface area contributed by atoms with Gasteiger partial charge in [0.05, 0.1) is 5.54 Å². The number of benzene rings is 1. The van der Waals surface area contributed by atoms with Gasteiger partial charge in [-0.2, -0.15) is 4.55 Å². The zero-order chi connectivity index (χ0) is 14.1. The first-order valence-electron chi connectivity index (χ1n) is 5.88. The quantitative estimate of drug-likeness (QED) is 0.493. The number of hydrogen-bond acceptors (Lipinski definition) is 3. The van der Waals surface area contributed by atoms with Crippen LogP contribution in [0.3, 0.4) is 0 Å². The summed E-state index contributed by atoms with van der Waals surface area (Å²) in [7, 11) is -2.72. The summed E-state index contributed by atoms with van der Waals surface area (Å²) in [4.78, 5) is 0. The van der Waals surface area contributed by atoms with Gasteiger partial charge in [-0.15, -0.1) is 0 Å². The Morgan fingerprint density at radius 3 is 2.84 bits per heavy atom. The van der Waals surface area contributed by atoms with E-state index in [-0.39, 0.29) is 11.5 Å². The average molecular weight is 301 g/mol. The van der Waals surface area contributed by atoms with Gasteiger partial charge in [-0.05, 0) is 31.3 Å². The summed E-state index contributed by atoms with van der Waals surface area (Å²) in [5.74, 6) is 0.644. The van der Waals surface area contributed by atoms with Crippen molar-refractivity contribution in [2.24, 2.45) is 0 Å². The Hall–Kier alpha value is -1.18. The summed E-state index contributed by atoms with van der Waals surface area (Å²) in [5.41, 5.74) is 0.205. The highest BCUT2D eigenvalue weighted by Crippen LogP contribution is 2.26.